The van der Waals surface area contributed by atoms with Crippen LogP contribution in [0.5, 0.6) is 0 Å². The van der Waals surface area contributed by atoms with Gasteiger partial charge in [0.25, 0.3) is 0 Å². The Morgan fingerprint density at radius 3 is 2.43 bits per heavy atom. The number of rotatable bonds is 7. The van der Waals surface area contributed by atoms with E-state index >= 15 is 0 Å². The Labute approximate surface area is 140 Å². The molecule has 0 aromatic heterocycles. The van der Waals surface area contributed by atoms with Crippen LogP contribution in [-0.2, 0) is 27.8 Å². The molecule has 1 atom stereocenters. The molecule has 1 N–H and O–H groups in total. The van der Waals surface area contributed by atoms with Gasteiger partial charge in [0.1, 0.15) is 5.75 Å². The van der Waals surface area contributed by atoms with Crippen LogP contribution >= 0.6 is 0 Å². The fourth-order valence-corrected chi connectivity index (χ4v) is 3.41. The second kappa shape index (κ2) is 8.63. The van der Waals surface area contributed by atoms with Gasteiger partial charge in [-0.25, -0.2) is 0 Å². The summed E-state index contributed by atoms with van der Waals surface area (Å²) in [6, 6.07) is 16.0. The maximum Gasteiger partial charge on any atom is 0.232 e. The number of benzene rings is 2. The zero-order chi connectivity index (χ0) is 16.7. The first-order chi connectivity index (χ1) is 11.0. The molecule has 0 radical (unpaired) electrons. The van der Waals surface area contributed by atoms with Crippen molar-refractivity contribution in [3.8, 4) is 0 Å². The summed E-state index contributed by atoms with van der Waals surface area (Å²) in [6.45, 7) is 4.65. The number of aryl methyl sites for hydroxylation is 2. The third kappa shape index (κ3) is 5.99. The predicted octanol–water partition coefficient (Wildman–Crippen LogP) is 2.91. The predicted molar refractivity (Wildman–Crippen MR) is 95.8 cm³/mol. The molecule has 0 aliphatic rings. The number of amides is 1. The molecule has 0 saturated heterocycles. The van der Waals surface area contributed by atoms with Crippen molar-refractivity contribution >= 4 is 16.7 Å². The molecule has 0 fully saturated rings. The lowest BCUT2D eigenvalue weighted by atomic mass is 10.1. The third-order valence-electron chi connectivity index (χ3n) is 3.72. The van der Waals surface area contributed by atoms with Gasteiger partial charge in [0.15, 0.2) is 0 Å². The van der Waals surface area contributed by atoms with Crippen molar-refractivity contribution in [2.24, 2.45) is 0 Å². The van der Waals surface area contributed by atoms with E-state index in [1.807, 2.05) is 43.3 Å². The average Bonchev–Trinajstić information content (AvgIpc) is 2.51. The zero-order valence-electron chi connectivity index (χ0n) is 13.7. The van der Waals surface area contributed by atoms with Crippen LogP contribution in [0.2, 0.25) is 0 Å². The number of carbonyl (C=O) groups excluding carboxylic acids is 1. The quantitative estimate of drug-likeness (QED) is 0.849. The van der Waals surface area contributed by atoms with Gasteiger partial charge in [-0.15, -0.1) is 0 Å². The van der Waals surface area contributed by atoms with E-state index in [0.717, 1.165) is 12.0 Å². The number of hydrogen-bond acceptors (Lipinski definition) is 2. The van der Waals surface area contributed by atoms with Crippen molar-refractivity contribution in [1.29, 1.82) is 0 Å². The summed E-state index contributed by atoms with van der Waals surface area (Å²) in [6.07, 6.45) is 0.795. The van der Waals surface area contributed by atoms with Gasteiger partial charge in [0.05, 0.1) is 0 Å². The summed E-state index contributed by atoms with van der Waals surface area (Å²) < 4.78 is 12.0. The lowest BCUT2D eigenvalue weighted by molar-refractivity contribution is -0.118. The minimum atomic E-state index is -1.17. The molecule has 2 rings (SSSR count). The van der Waals surface area contributed by atoms with Crippen LogP contribution in [0.25, 0.3) is 0 Å². The summed E-state index contributed by atoms with van der Waals surface area (Å²) in [5, 5.41) is 2.85. The smallest absolute Gasteiger partial charge is 0.232 e. The highest BCUT2D eigenvalue weighted by Crippen LogP contribution is 2.07. The lowest BCUT2D eigenvalue weighted by Crippen LogP contribution is -2.30. The van der Waals surface area contributed by atoms with E-state index in [-0.39, 0.29) is 11.7 Å². The van der Waals surface area contributed by atoms with Crippen LogP contribution in [0.1, 0.15) is 22.3 Å². The molecule has 0 aliphatic carbocycles. The number of hydrogen-bond donors (Lipinski definition) is 1. The Morgan fingerprint density at radius 1 is 1.04 bits per heavy atom. The highest BCUT2D eigenvalue weighted by atomic mass is 32.2. The van der Waals surface area contributed by atoms with Crippen LogP contribution < -0.4 is 5.32 Å². The molecule has 0 heterocycles. The van der Waals surface area contributed by atoms with Crippen LogP contribution in [0.15, 0.2) is 48.5 Å². The highest BCUT2D eigenvalue weighted by Gasteiger charge is 2.08. The molecule has 4 heteroatoms. The monoisotopic (exact) mass is 329 g/mol. The van der Waals surface area contributed by atoms with Gasteiger partial charge in [-0.3, -0.25) is 9.00 Å². The van der Waals surface area contributed by atoms with E-state index in [2.05, 4.69) is 24.4 Å². The fraction of sp³-hybridized carbons (Fsp3) is 0.316. The van der Waals surface area contributed by atoms with Gasteiger partial charge < -0.3 is 5.32 Å². The lowest BCUT2D eigenvalue weighted by Gasteiger charge is -2.08. The van der Waals surface area contributed by atoms with Crippen molar-refractivity contribution in [2.75, 3.05) is 12.3 Å². The highest BCUT2D eigenvalue weighted by molar-refractivity contribution is 7.84. The van der Waals surface area contributed by atoms with Crippen LogP contribution in [0.4, 0.5) is 0 Å². The molecule has 23 heavy (non-hydrogen) atoms. The molecule has 2 aromatic rings. The Bertz CT molecular complexity index is 680. The second-order valence-electron chi connectivity index (χ2n) is 5.74. The van der Waals surface area contributed by atoms with Crippen molar-refractivity contribution in [1.82, 2.24) is 5.32 Å². The van der Waals surface area contributed by atoms with Gasteiger partial charge in [0.2, 0.25) is 5.91 Å². The molecule has 1 unspecified atom stereocenters. The van der Waals surface area contributed by atoms with Crippen molar-refractivity contribution in [2.45, 2.75) is 26.0 Å². The van der Waals surface area contributed by atoms with Crippen LogP contribution in [0, 0.1) is 13.8 Å². The number of carbonyl (C=O) groups is 1. The Morgan fingerprint density at radius 2 is 1.74 bits per heavy atom. The van der Waals surface area contributed by atoms with E-state index in [9.17, 15) is 9.00 Å². The third-order valence-corrected chi connectivity index (χ3v) is 4.96. The average molecular weight is 329 g/mol. The Kier molecular flexibility index (Phi) is 6.53. The second-order valence-corrected chi connectivity index (χ2v) is 7.20. The molecular weight excluding hydrogens is 306 g/mol. The van der Waals surface area contributed by atoms with Gasteiger partial charge in [-0.1, -0.05) is 54.1 Å². The molecule has 0 aliphatic heterocycles. The van der Waals surface area contributed by atoms with E-state index in [1.165, 1.54) is 16.7 Å². The first-order valence-electron chi connectivity index (χ1n) is 7.76. The normalized spacial score (nSPS) is 11.9. The Hall–Kier alpha value is -1.94. The van der Waals surface area contributed by atoms with E-state index < -0.39 is 10.8 Å². The SMILES string of the molecule is Cc1ccc(CS(=O)CC(=O)NCCc2ccccc2C)cc1. The van der Waals surface area contributed by atoms with Crippen molar-refractivity contribution < 1.29 is 9.00 Å². The zero-order valence-corrected chi connectivity index (χ0v) is 14.5. The molecule has 122 valence electrons. The molecule has 0 spiro atoms. The maximum absolute atomic E-state index is 12.0. The van der Waals surface area contributed by atoms with Gasteiger partial charge >= 0.3 is 0 Å². The first-order valence-corrected chi connectivity index (χ1v) is 9.25. The van der Waals surface area contributed by atoms with Gasteiger partial charge in [-0.2, -0.15) is 0 Å². The van der Waals surface area contributed by atoms with Crippen LogP contribution in [-0.4, -0.2) is 22.4 Å². The minimum absolute atomic E-state index is 0.0572. The fourth-order valence-electron chi connectivity index (χ4n) is 2.35. The molecule has 0 saturated carbocycles. The standard InChI is InChI=1S/C19H23NO2S/c1-15-7-9-17(10-8-15)13-23(22)14-19(21)20-12-11-18-6-4-3-5-16(18)2/h3-10H,11-14H2,1-2H3,(H,20,21). The minimum Gasteiger partial charge on any atom is -0.355 e. The first kappa shape index (κ1) is 17.4. The van der Waals surface area contributed by atoms with Crippen molar-refractivity contribution in [3.05, 3.63) is 70.8 Å². The summed E-state index contributed by atoms with van der Waals surface area (Å²) in [5.41, 5.74) is 4.63. The molecule has 1 amide bonds. The molecule has 2 aromatic carbocycles. The topological polar surface area (TPSA) is 46.2 Å². The van der Waals surface area contributed by atoms with Crippen LogP contribution in [0.3, 0.4) is 0 Å². The Balaban J connectivity index is 1.73. The summed E-state index contributed by atoms with van der Waals surface area (Å²) >= 11 is 0. The van der Waals surface area contributed by atoms with E-state index in [4.69, 9.17) is 0 Å². The van der Waals surface area contributed by atoms with E-state index in [0.29, 0.717) is 12.3 Å². The van der Waals surface area contributed by atoms with Gasteiger partial charge in [-0.05, 0) is 37.0 Å². The molecular formula is C19H23NO2S. The summed E-state index contributed by atoms with van der Waals surface area (Å²) in [4.78, 5) is 11.9. The molecule has 3 nitrogen and oxygen atoms in total. The summed E-state index contributed by atoms with van der Waals surface area (Å²) in [7, 11) is -1.17. The molecule has 0 bridgehead atoms. The maximum atomic E-state index is 12.0. The largest absolute Gasteiger partial charge is 0.355 e. The summed E-state index contributed by atoms with van der Waals surface area (Å²) in [5.74, 6) is 0.330. The number of nitrogens with one attached hydrogen (secondary N) is 1. The van der Waals surface area contributed by atoms with Crippen molar-refractivity contribution in [3.63, 3.8) is 0 Å². The van der Waals surface area contributed by atoms with E-state index in [1.54, 1.807) is 0 Å². The van der Waals surface area contributed by atoms with Gasteiger partial charge in [0, 0.05) is 23.1 Å².